The van der Waals surface area contributed by atoms with E-state index in [1.54, 1.807) is 12.1 Å². The minimum atomic E-state index is -0.288. The van der Waals surface area contributed by atoms with Crippen molar-refractivity contribution >= 4 is 5.91 Å². The highest BCUT2D eigenvalue weighted by atomic mass is 16.5. The van der Waals surface area contributed by atoms with Crippen LogP contribution in [-0.2, 0) is 4.74 Å². The summed E-state index contributed by atoms with van der Waals surface area (Å²) in [7, 11) is 0. The Balaban J connectivity index is 1.61. The molecule has 1 amide bonds. The molecular weight excluding hydrogens is 370 g/mol. The first-order valence-electron chi connectivity index (χ1n) is 10.2. The predicted octanol–water partition coefficient (Wildman–Crippen LogP) is 1.41. The molecule has 2 aliphatic heterocycles. The molecule has 2 fully saturated rings. The zero-order valence-corrected chi connectivity index (χ0v) is 16.4. The molecule has 2 N–H and O–H groups in total. The number of H-pyrrole nitrogens is 1. The van der Waals surface area contributed by atoms with Gasteiger partial charge in [-0.25, -0.2) is 0 Å². The van der Waals surface area contributed by atoms with Crippen molar-refractivity contribution in [3.05, 3.63) is 70.1 Å². The number of aromatic amines is 1. The van der Waals surface area contributed by atoms with Crippen molar-refractivity contribution in [2.24, 2.45) is 0 Å². The number of aliphatic hydroxyl groups excluding tert-OH is 1. The van der Waals surface area contributed by atoms with Crippen LogP contribution in [0.1, 0.15) is 34.9 Å². The highest BCUT2D eigenvalue weighted by Gasteiger charge is 2.38. The first-order chi connectivity index (χ1) is 14.1. The molecule has 1 aromatic heterocycles. The van der Waals surface area contributed by atoms with Crippen LogP contribution in [0, 0.1) is 0 Å². The molecule has 0 unspecified atom stereocenters. The normalized spacial score (nSPS) is 23.8. The van der Waals surface area contributed by atoms with Gasteiger partial charge >= 0.3 is 0 Å². The van der Waals surface area contributed by atoms with Gasteiger partial charge in [0.1, 0.15) is 5.69 Å². The number of carbonyl (C=O) groups is 1. The van der Waals surface area contributed by atoms with Crippen molar-refractivity contribution in [3.63, 3.8) is 0 Å². The van der Waals surface area contributed by atoms with E-state index in [1.165, 1.54) is 6.07 Å². The topological polar surface area (TPSA) is 85.9 Å². The first kappa shape index (κ1) is 19.8. The second-order valence-corrected chi connectivity index (χ2v) is 7.72. The smallest absolute Gasteiger partial charge is 0.271 e. The van der Waals surface area contributed by atoms with Gasteiger partial charge in [-0.05, 0) is 24.5 Å². The summed E-state index contributed by atoms with van der Waals surface area (Å²) in [5.74, 6) is -0.195. The summed E-state index contributed by atoms with van der Waals surface area (Å²) in [5, 5.41) is 9.79. The Bertz CT molecular complexity index is 877. The average molecular weight is 397 g/mol. The van der Waals surface area contributed by atoms with Crippen LogP contribution in [0.2, 0.25) is 0 Å². The Morgan fingerprint density at radius 2 is 1.83 bits per heavy atom. The molecule has 0 radical (unpaired) electrons. The van der Waals surface area contributed by atoms with Crippen LogP contribution in [0.5, 0.6) is 0 Å². The molecule has 2 aromatic rings. The average Bonchev–Trinajstić information content (AvgIpc) is 2.75. The van der Waals surface area contributed by atoms with Crippen LogP contribution in [0.4, 0.5) is 0 Å². The van der Waals surface area contributed by atoms with Gasteiger partial charge in [0.25, 0.3) is 5.91 Å². The standard InChI is InChI=1S/C22H27N3O4/c26-17-9-11-24(12-10-17)15-19-21(16-5-2-1-3-6-16)25(13-14-29-19)22(28)18-7-4-8-20(27)23-18/h1-8,17,19,21,26H,9-15H2,(H,23,27)/t19-,21-/m0/s1. The molecule has 0 bridgehead atoms. The van der Waals surface area contributed by atoms with Gasteiger partial charge in [0, 0.05) is 32.2 Å². The van der Waals surface area contributed by atoms with E-state index >= 15 is 0 Å². The van der Waals surface area contributed by atoms with E-state index < -0.39 is 0 Å². The SMILES string of the molecule is O=C(c1cccc(=O)[nH]1)N1CCO[C@@H](CN2CCC(O)CC2)[C@@H]1c1ccccc1. The van der Waals surface area contributed by atoms with Gasteiger partial charge < -0.3 is 24.6 Å². The summed E-state index contributed by atoms with van der Waals surface area (Å²) in [4.78, 5) is 31.7. The van der Waals surface area contributed by atoms with E-state index in [1.807, 2.05) is 35.2 Å². The Morgan fingerprint density at radius 1 is 1.07 bits per heavy atom. The molecule has 0 aliphatic carbocycles. The summed E-state index contributed by atoms with van der Waals surface area (Å²) in [5.41, 5.74) is 1.02. The number of nitrogens with zero attached hydrogens (tertiary/aromatic N) is 2. The maximum atomic E-state index is 13.3. The number of amides is 1. The van der Waals surface area contributed by atoms with Crippen LogP contribution >= 0.6 is 0 Å². The van der Waals surface area contributed by atoms with E-state index in [4.69, 9.17) is 4.74 Å². The van der Waals surface area contributed by atoms with Crippen molar-refractivity contribution in [2.45, 2.75) is 31.1 Å². The number of ether oxygens (including phenoxy) is 1. The maximum absolute atomic E-state index is 13.3. The molecule has 29 heavy (non-hydrogen) atoms. The quantitative estimate of drug-likeness (QED) is 0.815. The third-order valence-corrected chi connectivity index (χ3v) is 5.75. The zero-order chi connectivity index (χ0) is 20.2. The number of likely N-dealkylation sites (tertiary alicyclic amines) is 1. The van der Waals surface area contributed by atoms with Gasteiger partial charge in [0.15, 0.2) is 0 Å². The number of aromatic nitrogens is 1. The lowest BCUT2D eigenvalue weighted by atomic mass is 9.96. The number of aliphatic hydroxyl groups is 1. The summed E-state index contributed by atoms with van der Waals surface area (Å²) < 4.78 is 6.14. The molecule has 4 rings (SSSR count). The summed E-state index contributed by atoms with van der Waals surface area (Å²) >= 11 is 0. The lowest BCUT2D eigenvalue weighted by Gasteiger charge is -2.43. The molecule has 0 spiro atoms. The predicted molar refractivity (Wildman–Crippen MR) is 109 cm³/mol. The van der Waals surface area contributed by atoms with Crippen LogP contribution in [0.3, 0.4) is 0 Å². The summed E-state index contributed by atoms with van der Waals surface area (Å²) in [6, 6.07) is 14.3. The largest absolute Gasteiger partial charge is 0.393 e. The minimum Gasteiger partial charge on any atom is -0.393 e. The minimum absolute atomic E-state index is 0.180. The van der Waals surface area contributed by atoms with Crippen molar-refractivity contribution in [3.8, 4) is 0 Å². The number of hydrogen-bond acceptors (Lipinski definition) is 5. The molecular formula is C22H27N3O4. The van der Waals surface area contributed by atoms with Gasteiger partial charge in [-0.15, -0.1) is 0 Å². The number of carbonyl (C=O) groups excluding carboxylic acids is 1. The number of hydrogen-bond donors (Lipinski definition) is 2. The lowest BCUT2D eigenvalue weighted by molar-refractivity contribution is -0.0771. The molecule has 2 atom stereocenters. The van der Waals surface area contributed by atoms with Crippen molar-refractivity contribution in [1.82, 2.24) is 14.8 Å². The number of rotatable bonds is 4. The monoisotopic (exact) mass is 397 g/mol. The number of morpholine rings is 1. The van der Waals surface area contributed by atoms with E-state index in [0.717, 1.165) is 31.5 Å². The highest BCUT2D eigenvalue weighted by molar-refractivity contribution is 5.92. The first-order valence-corrected chi connectivity index (χ1v) is 10.2. The van der Waals surface area contributed by atoms with Gasteiger partial charge in [0.2, 0.25) is 5.56 Å². The number of pyridine rings is 1. The van der Waals surface area contributed by atoms with E-state index in [-0.39, 0.29) is 29.7 Å². The third kappa shape index (κ3) is 4.58. The third-order valence-electron chi connectivity index (χ3n) is 5.75. The van der Waals surface area contributed by atoms with Gasteiger partial charge in [-0.3, -0.25) is 9.59 Å². The Kier molecular flexibility index (Phi) is 6.08. The molecule has 1 aromatic carbocycles. The van der Waals surface area contributed by atoms with Crippen molar-refractivity contribution in [2.75, 3.05) is 32.8 Å². The number of piperidine rings is 1. The van der Waals surface area contributed by atoms with Gasteiger partial charge in [-0.1, -0.05) is 36.4 Å². The lowest BCUT2D eigenvalue weighted by Crippen LogP contribution is -2.53. The van der Waals surface area contributed by atoms with Crippen LogP contribution < -0.4 is 5.56 Å². The van der Waals surface area contributed by atoms with Crippen LogP contribution in [0.15, 0.2) is 53.3 Å². The molecule has 2 saturated heterocycles. The second kappa shape index (κ2) is 8.90. The summed E-state index contributed by atoms with van der Waals surface area (Å²) in [6.45, 7) is 3.25. The molecule has 154 valence electrons. The Morgan fingerprint density at radius 3 is 2.55 bits per heavy atom. The fourth-order valence-electron chi connectivity index (χ4n) is 4.24. The van der Waals surface area contributed by atoms with Gasteiger partial charge in [-0.2, -0.15) is 0 Å². The fourth-order valence-corrected chi connectivity index (χ4v) is 4.24. The van der Waals surface area contributed by atoms with Crippen molar-refractivity contribution < 1.29 is 14.6 Å². The summed E-state index contributed by atoms with van der Waals surface area (Å²) in [6.07, 6.45) is 1.12. The van der Waals surface area contributed by atoms with E-state index in [0.29, 0.717) is 25.4 Å². The zero-order valence-electron chi connectivity index (χ0n) is 16.4. The van der Waals surface area contributed by atoms with Crippen LogP contribution in [0.25, 0.3) is 0 Å². The number of nitrogens with one attached hydrogen (secondary N) is 1. The van der Waals surface area contributed by atoms with E-state index in [9.17, 15) is 14.7 Å². The van der Waals surface area contributed by atoms with Gasteiger partial charge in [0.05, 0.1) is 24.9 Å². The Labute approximate surface area is 169 Å². The molecule has 2 aliphatic rings. The molecule has 0 saturated carbocycles. The Hall–Kier alpha value is -2.48. The molecule has 3 heterocycles. The van der Waals surface area contributed by atoms with Crippen LogP contribution in [-0.4, -0.2) is 70.8 Å². The van der Waals surface area contributed by atoms with E-state index in [2.05, 4.69) is 9.88 Å². The molecule has 7 nitrogen and oxygen atoms in total. The second-order valence-electron chi connectivity index (χ2n) is 7.72. The van der Waals surface area contributed by atoms with Crippen molar-refractivity contribution in [1.29, 1.82) is 0 Å². The number of benzene rings is 1. The fraction of sp³-hybridized carbons (Fsp3) is 0.455. The molecule has 7 heteroatoms. The maximum Gasteiger partial charge on any atom is 0.271 e. The highest BCUT2D eigenvalue weighted by Crippen LogP contribution is 2.31.